The molecule has 0 aromatic rings. The number of quaternary nitrogens is 1. The van der Waals surface area contributed by atoms with Crippen molar-refractivity contribution in [2.45, 2.75) is 142 Å². The van der Waals surface area contributed by atoms with Gasteiger partial charge in [0.05, 0.1) is 32.2 Å². The van der Waals surface area contributed by atoms with Gasteiger partial charge in [0.2, 0.25) is 5.91 Å². The van der Waals surface area contributed by atoms with Crippen molar-refractivity contribution in [3.8, 4) is 0 Å². The SMILES string of the molecule is CCCC[N+](CCCC)(CCCC)CCCCN1C(=O)N2C[C@H]1CC[C@H]2C(=O)NC1CCN(C(=O)OC(C)(C)C)CC1. The molecule has 3 aliphatic heterocycles. The Hall–Kier alpha value is -2.03. The van der Waals surface area contributed by atoms with Crippen LogP contribution in [0.4, 0.5) is 9.59 Å². The predicted molar refractivity (Wildman–Crippen MR) is 168 cm³/mol. The number of rotatable bonds is 16. The van der Waals surface area contributed by atoms with Crippen LogP contribution < -0.4 is 5.32 Å². The van der Waals surface area contributed by atoms with Gasteiger partial charge in [-0.15, -0.1) is 0 Å². The lowest BCUT2D eigenvalue weighted by molar-refractivity contribution is -0.929. The number of urea groups is 1. The zero-order valence-corrected chi connectivity index (χ0v) is 27.8. The molecule has 3 fully saturated rings. The second-order valence-corrected chi connectivity index (χ2v) is 14.1. The third-order valence-electron chi connectivity index (χ3n) is 9.52. The summed E-state index contributed by atoms with van der Waals surface area (Å²) in [6.45, 7) is 20.2. The van der Waals surface area contributed by atoms with Crippen molar-refractivity contribution in [2.24, 2.45) is 0 Å². The van der Waals surface area contributed by atoms with Crippen LogP contribution >= 0.6 is 0 Å². The average molecular weight is 593 g/mol. The van der Waals surface area contributed by atoms with Crippen LogP contribution in [0.15, 0.2) is 0 Å². The fourth-order valence-corrected chi connectivity index (χ4v) is 7.00. The maximum Gasteiger partial charge on any atom is 0.410 e. The van der Waals surface area contributed by atoms with Crippen LogP contribution in [0.2, 0.25) is 0 Å². The van der Waals surface area contributed by atoms with Gasteiger partial charge in [0, 0.05) is 32.2 Å². The molecule has 9 heteroatoms. The molecular weight excluding hydrogens is 530 g/mol. The molecule has 0 spiro atoms. The fraction of sp³-hybridized carbons (Fsp3) is 0.909. The Bertz CT molecular complexity index is 845. The molecule has 0 unspecified atom stereocenters. The minimum Gasteiger partial charge on any atom is -0.444 e. The normalized spacial score (nSPS) is 21.7. The standard InChI is InChI=1S/C33H61N5O4/c1-7-10-22-38(23-11-8-2,24-12-9-3)25-14-13-19-36-28-15-16-29(37(26-28)31(36)40)30(39)34-27-17-20-35(21-18-27)32(41)42-33(4,5)6/h27-29H,7-26H2,1-6H3/p+1/t28-,29+/m1/s1. The summed E-state index contributed by atoms with van der Waals surface area (Å²) in [5, 5.41) is 3.20. The average Bonchev–Trinajstić information content (AvgIpc) is 3.19. The summed E-state index contributed by atoms with van der Waals surface area (Å²) in [7, 11) is 0. The van der Waals surface area contributed by atoms with Gasteiger partial charge in [-0.2, -0.15) is 0 Å². The Kier molecular flexibility index (Phi) is 13.3. The van der Waals surface area contributed by atoms with Crippen molar-refractivity contribution >= 4 is 18.0 Å². The van der Waals surface area contributed by atoms with E-state index in [1.807, 2.05) is 25.7 Å². The second kappa shape index (κ2) is 16.2. The van der Waals surface area contributed by atoms with E-state index in [9.17, 15) is 14.4 Å². The highest BCUT2D eigenvalue weighted by Crippen LogP contribution is 2.31. The van der Waals surface area contributed by atoms with Crippen LogP contribution in [-0.4, -0.2) is 113 Å². The topological polar surface area (TPSA) is 82.2 Å². The van der Waals surface area contributed by atoms with Crippen molar-refractivity contribution in [3.63, 3.8) is 0 Å². The molecule has 2 bridgehead atoms. The molecule has 3 saturated heterocycles. The lowest BCUT2D eigenvalue weighted by atomic mass is 9.98. The summed E-state index contributed by atoms with van der Waals surface area (Å²) in [6.07, 6.45) is 12.5. The number of ether oxygens (including phenoxy) is 1. The van der Waals surface area contributed by atoms with Gasteiger partial charge in [-0.05, 0) is 78.6 Å². The molecule has 242 valence electrons. The minimum absolute atomic E-state index is 0.0224. The molecule has 2 atom stereocenters. The zero-order chi connectivity index (χ0) is 30.8. The van der Waals surface area contributed by atoms with Crippen molar-refractivity contribution in [1.29, 1.82) is 0 Å². The number of nitrogens with zero attached hydrogens (tertiary/aromatic N) is 4. The lowest BCUT2D eigenvalue weighted by Crippen LogP contribution is -2.54. The molecule has 3 rings (SSSR count). The first-order valence-electron chi connectivity index (χ1n) is 17.2. The predicted octanol–water partition coefficient (Wildman–Crippen LogP) is 5.77. The first-order valence-corrected chi connectivity index (χ1v) is 17.2. The Balaban J connectivity index is 1.46. The number of nitrogens with one attached hydrogen (secondary N) is 1. The molecule has 1 N–H and O–H groups in total. The number of hydrogen-bond acceptors (Lipinski definition) is 4. The summed E-state index contributed by atoms with van der Waals surface area (Å²) in [5.41, 5.74) is -0.515. The number of carbonyl (C=O) groups is 3. The molecule has 0 aliphatic carbocycles. The van der Waals surface area contributed by atoms with Crippen LogP contribution in [0.3, 0.4) is 0 Å². The minimum atomic E-state index is -0.515. The van der Waals surface area contributed by atoms with E-state index in [0.717, 1.165) is 32.2 Å². The highest BCUT2D eigenvalue weighted by atomic mass is 16.6. The van der Waals surface area contributed by atoms with Gasteiger partial charge in [0.15, 0.2) is 0 Å². The highest BCUT2D eigenvalue weighted by molar-refractivity contribution is 5.89. The number of likely N-dealkylation sites (tertiary alicyclic amines) is 1. The molecule has 0 aromatic carbocycles. The van der Waals surface area contributed by atoms with E-state index < -0.39 is 5.60 Å². The van der Waals surface area contributed by atoms with E-state index >= 15 is 0 Å². The maximum absolute atomic E-state index is 13.5. The van der Waals surface area contributed by atoms with Gasteiger partial charge in [-0.1, -0.05) is 40.0 Å². The molecule has 4 amide bonds. The molecule has 0 radical (unpaired) electrons. The van der Waals surface area contributed by atoms with E-state index in [0.29, 0.717) is 32.5 Å². The van der Waals surface area contributed by atoms with Crippen molar-refractivity contribution < 1.29 is 23.6 Å². The monoisotopic (exact) mass is 592 g/mol. The van der Waals surface area contributed by atoms with E-state index in [2.05, 4.69) is 31.0 Å². The van der Waals surface area contributed by atoms with Crippen LogP contribution in [0, 0.1) is 0 Å². The van der Waals surface area contributed by atoms with E-state index in [1.165, 1.54) is 69.2 Å². The third kappa shape index (κ3) is 9.75. The number of hydrogen-bond donors (Lipinski definition) is 1. The summed E-state index contributed by atoms with van der Waals surface area (Å²) in [4.78, 5) is 44.7. The van der Waals surface area contributed by atoms with Gasteiger partial charge in [0.1, 0.15) is 11.6 Å². The Labute approximate surface area is 256 Å². The van der Waals surface area contributed by atoms with E-state index in [-0.39, 0.29) is 36.2 Å². The van der Waals surface area contributed by atoms with Gasteiger partial charge >= 0.3 is 12.1 Å². The van der Waals surface area contributed by atoms with Crippen LogP contribution in [-0.2, 0) is 9.53 Å². The molecule has 42 heavy (non-hydrogen) atoms. The largest absolute Gasteiger partial charge is 0.444 e. The lowest BCUT2D eigenvalue weighted by Gasteiger charge is -2.39. The summed E-state index contributed by atoms with van der Waals surface area (Å²) < 4.78 is 6.74. The fourth-order valence-electron chi connectivity index (χ4n) is 7.00. The molecule has 0 saturated carbocycles. The summed E-state index contributed by atoms with van der Waals surface area (Å²) in [5.74, 6) is -0.0378. The van der Waals surface area contributed by atoms with Crippen molar-refractivity contribution in [3.05, 3.63) is 0 Å². The van der Waals surface area contributed by atoms with Gasteiger partial charge < -0.3 is 29.2 Å². The van der Waals surface area contributed by atoms with Crippen molar-refractivity contribution in [2.75, 3.05) is 52.4 Å². The number of carbonyl (C=O) groups excluding carboxylic acids is 3. The first kappa shape index (κ1) is 34.5. The van der Waals surface area contributed by atoms with E-state index in [1.54, 1.807) is 4.90 Å². The zero-order valence-electron chi connectivity index (χ0n) is 27.8. The quantitative estimate of drug-likeness (QED) is 0.182. The van der Waals surface area contributed by atoms with Gasteiger partial charge in [0.25, 0.3) is 0 Å². The molecule has 0 aromatic heterocycles. The summed E-state index contributed by atoms with van der Waals surface area (Å²) >= 11 is 0. The number of piperidine rings is 2. The first-order chi connectivity index (χ1) is 20.0. The Morgan fingerprint density at radius 3 is 1.98 bits per heavy atom. The Morgan fingerprint density at radius 2 is 1.43 bits per heavy atom. The van der Waals surface area contributed by atoms with E-state index in [4.69, 9.17) is 4.74 Å². The Morgan fingerprint density at radius 1 is 0.857 bits per heavy atom. The number of amides is 4. The van der Waals surface area contributed by atoms with Gasteiger partial charge in [-0.3, -0.25) is 4.79 Å². The number of fused-ring (bicyclic) bond motifs is 2. The van der Waals surface area contributed by atoms with Crippen LogP contribution in [0.1, 0.15) is 119 Å². The molecule has 3 heterocycles. The maximum atomic E-state index is 13.5. The third-order valence-corrected chi connectivity index (χ3v) is 9.52. The van der Waals surface area contributed by atoms with Crippen LogP contribution in [0.25, 0.3) is 0 Å². The van der Waals surface area contributed by atoms with Crippen LogP contribution in [0.5, 0.6) is 0 Å². The second-order valence-electron chi connectivity index (χ2n) is 14.1. The molecule has 9 nitrogen and oxygen atoms in total. The molecule has 3 aliphatic rings. The van der Waals surface area contributed by atoms with Crippen molar-refractivity contribution in [1.82, 2.24) is 20.0 Å². The number of unbranched alkanes of at least 4 members (excludes halogenated alkanes) is 4. The van der Waals surface area contributed by atoms with Gasteiger partial charge in [-0.25, -0.2) is 9.59 Å². The smallest absolute Gasteiger partial charge is 0.410 e. The highest BCUT2D eigenvalue weighted by Gasteiger charge is 2.47. The molecular formula is C33H62N5O4+. The summed E-state index contributed by atoms with van der Waals surface area (Å²) in [6, 6.07) is -0.0856.